The molecule has 2 saturated heterocycles. The van der Waals surface area contributed by atoms with E-state index in [2.05, 4.69) is 33.9 Å². The Morgan fingerprint density at radius 3 is 2.56 bits per heavy atom. The highest BCUT2D eigenvalue weighted by molar-refractivity contribution is 5.96. The van der Waals surface area contributed by atoms with Crippen molar-refractivity contribution >= 4 is 17.6 Å². The van der Waals surface area contributed by atoms with E-state index in [1.807, 2.05) is 0 Å². The summed E-state index contributed by atoms with van der Waals surface area (Å²) in [6.45, 7) is 7.58. The second kappa shape index (κ2) is 7.44. The minimum Gasteiger partial charge on any atom is -0.356 e. The fourth-order valence-corrected chi connectivity index (χ4v) is 4.48. The Kier molecular flexibility index (Phi) is 5.02. The predicted molar refractivity (Wildman–Crippen MR) is 103 cm³/mol. The maximum atomic E-state index is 12.4. The van der Waals surface area contributed by atoms with Crippen LogP contribution in [-0.4, -0.2) is 58.9 Å². The zero-order valence-corrected chi connectivity index (χ0v) is 16.3. The Morgan fingerprint density at radius 1 is 1.11 bits per heavy atom. The van der Waals surface area contributed by atoms with E-state index < -0.39 is 0 Å². The Labute approximate surface area is 160 Å². The van der Waals surface area contributed by atoms with E-state index in [0.29, 0.717) is 36.5 Å². The summed E-state index contributed by atoms with van der Waals surface area (Å²) in [5.41, 5.74) is 1.54. The lowest BCUT2D eigenvalue weighted by Gasteiger charge is -2.38. The van der Waals surface area contributed by atoms with Crippen LogP contribution in [-0.2, 0) is 17.6 Å². The molecule has 0 unspecified atom stereocenters. The van der Waals surface area contributed by atoms with Crippen molar-refractivity contribution in [1.29, 1.82) is 0 Å². The lowest BCUT2D eigenvalue weighted by molar-refractivity contribution is -0.130. The molecule has 0 atom stereocenters. The molecule has 4 rings (SSSR count). The number of carbonyl (C=O) groups is 2. The van der Waals surface area contributed by atoms with Gasteiger partial charge in [0.05, 0.1) is 0 Å². The highest BCUT2D eigenvalue weighted by Gasteiger charge is 2.33. The quantitative estimate of drug-likeness (QED) is 0.869. The molecule has 0 radical (unpaired) electrons. The maximum absolute atomic E-state index is 12.4. The number of amides is 2. The lowest BCUT2D eigenvalue weighted by Crippen LogP contribution is -2.46. The standard InChI is InChI=1S/C20H29N5O2/c1-13(2)12-16-22-18-15(5-8-21-20(18)27)19(23-16)24-10-6-14(7-11-24)25-9-3-4-17(25)26/h13-14H,3-12H2,1-2H3,(H,21,27). The summed E-state index contributed by atoms with van der Waals surface area (Å²) < 4.78 is 0. The third kappa shape index (κ3) is 3.64. The van der Waals surface area contributed by atoms with E-state index in [-0.39, 0.29) is 5.91 Å². The smallest absolute Gasteiger partial charge is 0.270 e. The van der Waals surface area contributed by atoms with Crippen molar-refractivity contribution in [1.82, 2.24) is 20.2 Å². The van der Waals surface area contributed by atoms with Crippen molar-refractivity contribution in [2.75, 3.05) is 31.1 Å². The number of hydrogen-bond acceptors (Lipinski definition) is 5. The molecule has 27 heavy (non-hydrogen) atoms. The zero-order chi connectivity index (χ0) is 19.0. The van der Waals surface area contributed by atoms with Gasteiger partial charge in [-0.05, 0) is 31.6 Å². The first-order valence-corrected chi connectivity index (χ1v) is 10.3. The van der Waals surface area contributed by atoms with Gasteiger partial charge in [-0.1, -0.05) is 13.8 Å². The van der Waals surface area contributed by atoms with Gasteiger partial charge in [0, 0.05) is 50.6 Å². The average molecular weight is 371 g/mol. The van der Waals surface area contributed by atoms with E-state index in [0.717, 1.165) is 68.9 Å². The summed E-state index contributed by atoms with van der Waals surface area (Å²) in [5.74, 6) is 2.37. The van der Waals surface area contributed by atoms with E-state index >= 15 is 0 Å². The monoisotopic (exact) mass is 371 g/mol. The molecular weight excluding hydrogens is 342 g/mol. The molecule has 1 aromatic rings. The number of piperidine rings is 1. The molecule has 3 aliphatic heterocycles. The summed E-state index contributed by atoms with van der Waals surface area (Å²) >= 11 is 0. The molecule has 0 spiro atoms. The maximum Gasteiger partial charge on any atom is 0.270 e. The number of aromatic nitrogens is 2. The van der Waals surface area contributed by atoms with Crippen LogP contribution in [0, 0.1) is 5.92 Å². The Balaban J connectivity index is 1.57. The fourth-order valence-electron chi connectivity index (χ4n) is 4.48. The summed E-state index contributed by atoms with van der Waals surface area (Å²) in [6, 6.07) is 0.354. The Hall–Kier alpha value is -2.18. The molecule has 2 amide bonds. The molecule has 4 heterocycles. The van der Waals surface area contributed by atoms with E-state index in [1.54, 1.807) is 0 Å². The van der Waals surface area contributed by atoms with Crippen LogP contribution in [0.3, 0.4) is 0 Å². The number of nitrogens with one attached hydrogen (secondary N) is 1. The third-order valence-electron chi connectivity index (χ3n) is 5.81. The van der Waals surface area contributed by atoms with Crippen LogP contribution in [0.4, 0.5) is 5.82 Å². The first kappa shape index (κ1) is 18.2. The second-order valence-electron chi connectivity index (χ2n) is 8.30. The SMILES string of the molecule is CC(C)Cc1nc2c(c(N3CCC(N4CCCC4=O)CC3)n1)CCNC2=O. The molecule has 0 aromatic carbocycles. The summed E-state index contributed by atoms with van der Waals surface area (Å²) in [4.78, 5) is 38.2. The molecule has 1 N–H and O–H groups in total. The topological polar surface area (TPSA) is 78.4 Å². The van der Waals surface area contributed by atoms with Crippen LogP contribution in [0.5, 0.6) is 0 Å². The van der Waals surface area contributed by atoms with E-state index in [4.69, 9.17) is 4.98 Å². The first-order valence-electron chi connectivity index (χ1n) is 10.3. The van der Waals surface area contributed by atoms with Gasteiger partial charge in [-0.25, -0.2) is 9.97 Å². The van der Waals surface area contributed by atoms with Gasteiger partial charge in [-0.2, -0.15) is 0 Å². The molecule has 7 heteroatoms. The van der Waals surface area contributed by atoms with Gasteiger partial charge in [-0.3, -0.25) is 9.59 Å². The van der Waals surface area contributed by atoms with Gasteiger partial charge in [0.1, 0.15) is 17.3 Å². The van der Waals surface area contributed by atoms with Gasteiger partial charge in [0.15, 0.2) is 0 Å². The van der Waals surface area contributed by atoms with Crippen molar-refractivity contribution < 1.29 is 9.59 Å². The van der Waals surface area contributed by atoms with Crippen molar-refractivity contribution in [3.8, 4) is 0 Å². The third-order valence-corrected chi connectivity index (χ3v) is 5.81. The fraction of sp³-hybridized carbons (Fsp3) is 0.700. The van der Waals surface area contributed by atoms with Crippen LogP contribution in [0.25, 0.3) is 0 Å². The molecule has 0 saturated carbocycles. The number of rotatable bonds is 4. The molecule has 3 aliphatic rings. The van der Waals surface area contributed by atoms with Gasteiger partial charge in [0.25, 0.3) is 5.91 Å². The van der Waals surface area contributed by atoms with Crippen LogP contribution < -0.4 is 10.2 Å². The highest BCUT2D eigenvalue weighted by Crippen LogP contribution is 2.29. The minimum absolute atomic E-state index is 0.0811. The van der Waals surface area contributed by atoms with Crippen molar-refractivity contribution in [2.45, 2.75) is 58.4 Å². The van der Waals surface area contributed by atoms with Gasteiger partial charge < -0.3 is 15.1 Å². The average Bonchev–Trinajstić information content (AvgIpc) is 3.07. The number of anilines is 1. The molecule has 0 aliphatic carbocycles. The first-order chi connectivity index (χ1) is 13.0. The predicted octanol–water partition coefficient (Wildman–Crippen LogP) is 1.55. The van der Waals surface area contributed by atoms with Crippen molar-refractivity contribution in [3.05, 3.63) is 17.1 Å². The van der Waals surface area contributed by atoms with E-state index in [9.17, 15) is 9.59 Å². The molecular formula is C20H29N5O2. The van der Waals surface area contributed by atoms with Crippen LogP contribution in [0.1, 0.15) is 61.4 Å². The van der Waals surface area contributed by atoms with Crippen molar-refractivity contribution in [3.63, 3.8) is 0 Å². The number of nitrogens with zero attached hydrogens (tertiary/aromatic N) is 4. The zero-order valence-electron chi connectivity index (χ0n) is 16.3. The normalized spacial score (nSPS) is 21.0. The second-order valence-corrected chi connectivity index (χ2v) is 8.30. The van der Waals surface area contributed by atoms with Gasteiger partial charge in [0.2, 0.25) is 5.91 Å². The lowest BCUT2D eigenvalue weighted by atomic mass is 10.0. The summed E-state index contributed by atoms with van der Waals surface area (Å²) in [7, 11) is 0. The van der Waals surface area contributed by atoms with E-state index in [1.165, 1.54) is 0 Å². The molecule has 2 fully saturated rings. The minimum atomic E-state index is -0.0811. The number of hydrogen-bond donors (Lipinski definition) is 1. The molecule has 0 bridgehead atoms. The number of carbonyl (C=O) groups excluding carboxylic acids is 2. The molecule has 146 valence electrons. The Bertz CT molecular complexity index is 740. The highest BCUT2D eigenvalue weighted by atomic mass is 16.2. The van der Waals surface area contributed by atoms with Gasteiger partial charge in [-0.15, -0.1) is 0 Å². The number of fused-ring (bicyclic) bond motifs is 1. The molecule has 1 aromatic heterocycles. The Morgan fingerprint density at radius 2 is 1.89 bits per heavy atom. The molecule has 7 nitrogen and oxygen atoms in total. The van der Waals surface area contributed by atoms with Crippen LogP contribution in [0.15, 0.2) is 0 Å². The number of likely N-dealkylation sites (tertiary alicyclic amines) is 1. The van der Waals surface area contributed by atoms with Crippen molar-refractivity contribution in [2.24, 2.45) is 5.92 Å². The summed E-state index contributed by atoms with van der Waals surface area (Å²) in [6.07, 6.45) is 5.18. The van der Waals surface area contributed by atoms with Gasteiger partial charge >= 0.3 is 0 Å². The van der Waals surface area contributed by atoms with Crippen LogP contribution >= 0.6 is 0 Å². The largest absolute Gasteiger partial charge is 0.356 e. The van der Waals surface area contributed by atoms with Crippen LogP contribution in [0.2, 0.25) is 0 Å². The summed E-state index contributed by atoms with van der Waals surface area (Å²) in [5, 5.41) is 2.91.